The van der Waals surface area contributed by atoms with E-state index in [2.05, 4.69) is 26.1 Å². The summed E-state index contributed by atoms with van der Waals surface area (Å²) in [7, 11) is 0. The van der Waals surface area contributed by atoms with Crippen LogP contribution >= 0.6 is 11.3 Å². The average molecular weight is 295 g/mol. The molecule has 2 nitrogen and oxygen atoms in total. The molecule has 1 heterocycles. The minimum atomic E-state index is 0.546. The quantitative estimate of drug-likeness (QED) is 0.576. The van der Waals surface area contributed by atoms with Gasteiger partial charge in [-0.3, -0.25) is 0 Å². The predicted octanol–water partition coefficient (Wildman–Crippen LogP) is 5.20. The molecule has 1 aliphatic carbocycles. The molecule has 0 bridgehead atoms. The second-order valence-corrected chi connectivity index (χ2v) is 7.50. The molecule has 2 rings (SSSR count). The largest absolute Gasteiger partial charge is 0.312 e. The van der Waals surface area contributed by atoms with Crippen molar-refractivity contribution in [1.82, 2.24) is 10.3 Å². The van der Waals surface area contributed by atoms with Crippen LogP contribution in [-0.4, -0.2) is 11.5 Å². The van der Waals surface area contributed by atoms with E-state index in [1.807, 2.05) is 11.3 Å². The summed E-state index contributed by atoms with van der Waals surface area (Å²) in [5.41, 5.74) is 1.35. The molecule has 1 aromatic heterocycles. The summed E-state index contributed by atoms with van der Waals surface area (Å²) in [4.78, 5) is 6.51. The van der Waals surface area contributed by atoms with Crippen molar-refractivity contribution in [2.24, 2.45) is 0 Å². The number of hydrogen-bond acceptors (Lipinski definition) is 3. The fraction of sp³-hybridized carbons (Fsp3) is 0.824. The maximum atomic E-state index is 5.03. The lowest BCUT2D eigenvalue weighted by Gasteiger charge is -2.09. The van der Waals surface area contributed by atoms with Crippen LogP contribution in [0.15, 0.2) is 0 Å². The Morgan fingerprint density at radius 2 is 1.90 bits per heavy atom. The third-order valence-electron chi connectivity index (χ3n) is 4.21. The zero-order valence-electron chi connectivity index (χ0n) is 13.4. The van der Waals surface area contributed by atoms with Crippen molar-refractivity contribution in [2.45, 2.75) is 84.1 Å². The van der Waals surface area contributed by atoms with Gasteiger partial charge in [0.05, 0.1) is 10.7 Å². The highest BCUT2D eigenvalue weighted by Crippen LogP contribution is 2.36. The molecule has 1 saturated carbocycles. The molecule has 1 N–H and O–H groups in total. The fourth-order valence-electron chi connectivity index (χ4n) is 3.04. The molecule has 0 atom stereocenters. The summed E-state index contributed by atoms with van der Waals surface area (Å²) >= 11 is 1.98. The van der Waals surface area contributed by atoms with Crippen LogP contribution < -0.4 is 5.32 Å². The SMILES string of the molecule is CCCNCc1sc(C2CCCCCC2)nc1C(C)C. The van der Waals surface area contributed by atoms with Gasteiger partial charge in [-0.15, -0.1) is 11.3 Å². The molecule has 0 radical (unpaired) electrons. The van der Waals surface area contributed by atoms with Gasteiger partial charge in [0, 0.05) is 17.3 Å². The Balaban J connectivity index is 2.10. The standard InChI is InChI=1S/C17H30N2S/c1-4-11-18-12-15-16(13(2)3)19-17(20-15)14-9-7-5-6-8-10-14/h13-14,18H,4-12H2,1-3H3. The minimum Gasteiger partial charge on any atom is -0.312 e. The van der Waals surface area contributed by atoms with E-state index in [0.29, 0.717) is 5.92 Å². The van der Waals surface area contributed by atoms with E-state index in [0.717, 1.165) is 19.0 Å². The van der Waals surface area contributed by atoms with Crippen LogP contribution in [0.25, 0.3) is 0 Å². The Morgan fingerprint density at radius 3 is 2.50 bits per heavy atom. The van der Waals surface area contributed by atoms with Gasteiger partial charge in [0.2, 0.25) is 0 Å². The second kappa shape index (κ2) is 8.14. The lowest BCUT2D eigenvalue weighted by atomic mass is 10.0. The van der Waals surface area contributed by atoms with E-state index in [-0.39, 0.29) is 0 Å². The van der Waals surface area contributed by atoms with Crippen molar-refractivity contribution in [3.8, 4) is 0 Å². The van der Waals surface area contributed by atoms with Crippen LogP contribution in [0.1, 0.15) is 93.1 Å². The van der Waals surface area contributed by atoms with Crippen molar-refractivity contribution in [3.05, 3.63) is 15.6 Å². The summed E-state index contributed by atoms with van der Waals surface area (Å²) in [6.45, 7) is 8.88. The van der Waals surface area contributed by atoms with Crippen LogP contribution in [0.5, 0.6) is 0 Å². The molecule has 0 spiro atoms. The number of hydrogen-bond donors (Lipinski definition) is 1. The zero-order valence-corrected chi connectivity index (χ0v) is 14.2. The van der Waals surface area contributed by atoms with Crippen LogP contribution in [-0.2, 0) is 6.54 Å². The molecule has 1 aromatic rings. The highest BCUT2D eigenvalue weighted by atomic mass is 32.1. The molecule has 1 fully saturated rings. The topological polar surface area (TPSA) is 24.9 Å². The Labute approximate surface area is 128 Å². The Hall–Kier alpha value is -0.410. The zero-order chi connectivity index (χ0) is 14.4. The van der Waals surface area contributed by atoms with Crippen LogP contribution in [0.4, 0.5) is 0 Å². The lowest BCUT2D eigenvalue weighted by Crippen LogP contribution is -2.14. The van der Waals surface area contributed by atoms with Gasteiger partial charge in [-0.25, -0.2) is 4.98 Å². The fourth-order valence-corrected chi connectivity index (χ4v) is 4.40. The highest BCUT2D eigenvalue weighted by molar-refractivity contribution is 7.11. The lowest BCUT2D eigenvalue weighted by molar-refractivity contribution is 0.586. The van der Waals surface area contributed by atoms with E-state index in [1.165, 1.54) is 60.5 Å². The maximum absolute atomic E-state index is 5.03. The molecule has 3 heteroatoms. The first-order chi connectivity index (χ1) is 9.72. The van der Waals surface area contributed by atoms with Crippen LogP contribution in [0, 0.1) is 0 Å². The third kappa shape index (κ3) is 4.29. The molecule has 0 amide bonds. The first-order valence-corrected chi connectivity index (χ1v) is 9.24. The van der Waals surface area contributed by atoms with E-state index in [9.17, 15) is 0 Å². The molecular weight excluding hydrogens is 264 g/mol. The molecule has 114 valence electrons. The Bertz CT molecular complexity index is 390. The number of nitrogens with zero attached hydrogens (tertiary/aromatic N) is 1. The van der Waals surface area contributed by atoms with Gasteiger partial charge in [-0.05, 0) is 31.7 Å². The van der Waals surface area contributed by atoms with E-state index >= 15 is 0 Å². The summed E-state index contributed by atoms with van der Waals surface area (Å²) < 4.78 is 0. The first-order valence-electron chi connectivity index (χ1n) is 8.42. The molecule has 0 saturated heterocycles. The molecule has 0 unspecified atom stereocenters. The van der Waals surface area contributed by atoms with Crippen molar-refractivity contribution >= 4 is 11.3 Å². The van der Waals surface area contributed by atoms with Crippen molar-refractivity contribution < 1.29 is 0 Å². The van der Waals surface area contributed by atoms with E-state index < -0.39 is 0 Å². The van der Waals surface area contributed by atoms with E-state index in [4.69, 9.17) is 4.98 Å². The summed E-state index contributed by atoms with van der Waals surface area (Å²) in [5.74, 6) is 1.28. The Morgan fingerprint density at radius 1 is 1.20 bits per heavy atom. The van der Waals surface area contributed by atoms with Gasteiger partial charge in [0.25, 0.3) is 0 Å². The molecular formula is C17H30N2S. The van der Waals surface area contributed by atoms with Crippen LogP contribution in [0.3, 0.4) is 0 Å². The number of rotatable bonds is 6. The number of thiazole rings is 1. The monoisotopic (exact) mass is 294 g/mol. The predicted molar refractivity (Wildman–Crippen MR) is 88.6 cm³/mol. The van der Waals surface area contributed by atoms with E-state index in [1.54, 1.807) is 0 Å². The summed E-state index contributed by atoms with van der Waals surface area (Å²) in [5, 5.41) is 4.97. The minimum absolute atomic E-state index is 0.546. The number of aromatic nitrogens is 1. The molecule has 1 aliphatic rings. The second-order valence-electron chi connectivity index (χ2n) is 6.38. The van der Waals surface area contributed by atoms with Crippen molar-refractivity contribution in [1.29, 1.82) is 0 Å². The van der Waals surface area contributed by atoms with Gasteiger partial charge in [0.15, 0.2) is 0 Å². The van der Waals surface area contributed by atoms with Crippen molar-refractivity contribution in [2.75, 3.05) is 6.54 Å². The smallest absolute Gasteiger partial charge is 0.0962 e. The Kier molecular flexibility index (Phi) is 6.50. The normalized spacial score (nSPS) is 17.6. The van der Waals surface area contributed by atoms with Gasteiger partial charge in [-0.1, -0.05) is 46.5 Å². The number of nitrogens with one attached hydrogen (secondary N) is 1. The third-order valence-corrected chi connectivity index (χ3v) is 5.44. The average Bonchev–Trinajstić information content (AvgIpc) is 2.67. The molecule has 20 heavy (non-hydrogen) atoms. The van der Waals surface area contributed by atoms with Crippen molar-refractivity contribution in [3.63, 3.8) is 0 Å². The van der Waals surface area contributed by atoms with Gasteiger partial charge in [0.1, 0.15) is 0 Å². The molecule has 0 aliphatic heterocycles. The molecule has 0 aromatic carbocycles. The van der Waals surface area contributed by atoms with Crippen LogP contribution in [0.2, 0.25) is 0 Å². The van der Waals surface area contributed by atoms with Gasteiger partial charge in [-0.2, -0.15) is 0 Å². The van der Waals surface area contributed by atoms with Gasteiger partial charge >= 0.3 is 0 Å². The summed E-state index contributed by atoms with van der Waals surface area (Å²) in [6, 6.07) is 0. The first kappa shape index (κ1) is 16.0. The highest BCUT2D eigenvalue weighted by Gasteiger charge is 2.21. The van der Waals surface area contributed by atoms with Gasteiger partial charge < -0.3 is 5.32 Å². The summed E-state index contributed by atoms with van der Waals surface area (Å²) in [6.07, 6.45) is 9.54. The maximum Gasteiger partial charge on any atom is 0.0962 e.